The molecule has 0 spiro atoms. The molecular formula is C15H20O4. The van der Waals surface area contributed by atoms with Crippen LogP contribution in [-0.2, 0) is 0 Å². The molecule has 0 saturated carbocycles. The third kappa shape index (κ3) is 3.13. The zero-order valence-electron chi connectivity index (χ0n) is 11.7. The second-order valence-electron chi connectivity index (χ2n) is 5.39. The highest BCUT2D eigenvalue weighted by Gasteiger charge is 2.29. The summed E-state index contributed by atoms with van der Waals surface area (Å²) >= 11 is 0. The van der Waals surface area contributed by atoms with Crippen LogP contribution in [0.2, 0.25) is 0 Å². The van der Waals surface area contributed by atoms with Gasteiger partial charge in [-0.3, -0.25) is 0 Å². The largest absolute Gasteiger partial charge is 0.478 e. The van der Waals surface area contributed by atoms with E-state index in [2.05, 4.69) is 0 Å². The number of benzene rings is 1. The summed E-state index contributed by atoms with van der Waals surface area (Å²) in [6.07, 6.45) is 0. The normalized spacial score (nSPS) is 11.3. The zero-order valence-corrected chi connectivity index (χ0v) is 11.7. The maximum absolute atomic E-state index is 11.4. The third-order valence-electron chi connectivity index (χ3n) is 3.34. The average molecular weight is 264 g/mol. The maximum Gasteiger partial charge on any atom is 0.335 e. The fraction of sp³-hybridized carbons (Fsp3) is 0.467. The van der Waals surface area contributed by atoms with Gasteiger partial charge in [0, 0.05) is 0 Å². The minimum absolute atomic E-state index is 0.0901. The molecule has 104 valence electrons. The van der Waals surface area contributed by atoms with Gasteiger partial charge in [-0.2, -0.15) is 0 Å². The van der Waals surface area contributed by atoms with Crippen molar-refractivity contribution < 1.29 is 19.8 Å². The molecule has 0 fully saturated rings. The summed E-state index contributed by atoms with van der Waals surface area (Å²) in [7, 11) is 0. The summed E-state index contributed by atoms with van der Waals surface area (Å²) in [5.74, 6) is -1.93. The first kappa shape index (κ1) is 15.2. The van der Waals surface area contributed by atoms with Crippen LogP contribution in [0.4, 0.5) is 0 Å². The molecule has 0 atom stereocenters. The topological polar surface area (TPSA) is 74.6 Å². The summed E-state index contributed by atoms with van der Waals surface area (Å²) in [6, 6.07) is 4.43. The van der Waals surface area contributed by atoms with Crippen molar-refractivity contribution in [1.82, 2.24) is 0 Å². The lowest BCUT2D eigenvalue weighted by Gasteiger charge is -2.28. The first-order valence-electron chi connectivity index (χ1n) is 6.36. The van der Waals surface area contributed by atoms with Crippen molar-refractivity contribution in [3.05, 3.63) is 34.9 Å². The van der Waals surface area contributed by atoms with E-state index in [9.17, 15) is 19.8 Å². The lowest BCUT2D eigenvalue weighted by atomic mass is 9.76. The van der Waals surface area contributed by atoms with Crippen molar-refractivity contribution in [3.63, 3.8) is 0 Å². The van der Waals surface area contributed by atoms with Crippen LogP contribution in [0.25, 0.3) is 0 Å². The summed E-state index contributed by atoms with van der Waals surface area (Å²) < 4.78 is 0. The SMILES string of the molecule is CC(C)C(c1c(C(=O)O)cccc1C(=O)O)C(C)C. The van der Waals surface area contributed by atoms with Gasteiger partial charge in [0.15, 0.2) is 0 Å². The molecule has 4 nitrogen and oxygen atoms in total. The second kappa shape index (κ2) is 5.87. The Bertz CT molecular complexity index is 449. The minimum Gasteiger partial charge on any atom is -0.478 e. The van der Waals surface area contributed by atoms with Gasteiger partial charge in [-0.15, -0.1) is 0 Å². The fourth-order valence-corrected chi connectivity index (χ4v) is 2.73. The van der Waals surface area contributed by atoms with E-state index in [1.54, 1.807) is 0 Å². The molecule has 4 heteroatoms. The molecule has 0 radical (unpaired) electrons. The molecule has 0 aromatic heterocycles. The smallest absolute Gasteiger partial charge is 0.335 e. The van der Waals surface area contributed by atoms with Crippen LogP contribution in [0.5, 0.6) is 0 Å². The Morgan fingerprint density at radius 1 is 0.895 bits per heavy atom. The first-order chi connectivity index (χ1) is 8.77. The highest BCUT2D eigenvalue weighted by molar-refractivity contribution is 5.97. The predicted octanol–water partition coefficient (Wildman–Crippen LogP) is 3.48. The molecule has 1 rings (SSSR count). The van der Waals surface area contributed by atoms with Crippen LogP contribution in [0.3, 0.4) is 0 Å². The molecule has 0 heterocycles. The van der Waals surface area contributed by atoms with E-state index in [-0.39, 0.29) is 28.9 Å². The van der Waals surface area contributed by atoms with Crippen molar-refractivity contribution >= 4 is 11.9 Å². The molecule has 0 saturated heterocycles. The van der Waals surface area contributed by atoms with Gasteiger partial charge in [-0.1, -0.05) is 33.8 Å². The van der Waals surface area contributed by atoms with Crippen molar-refractivity contribution in [3.8, 4) is 0 Å². The Kier molecular flexibility index (Phi) is 4.70. The second-order valence-corrected chi connectivity index (χ2v) is 5.39. The van der Waals surface area contributed by atoms with Crippen LogP contribution in [0.1, 0.15) is 59.9 Å². The molecule has 0 aliphatic rings. The van der Waals surface area contributed by atoms with Gasteiger partial charge in [-0.25, -0.2) is 9.59 Å². The Morgan fingerprint density at radius 2 is 1.26 bits per heavy atom. The molecule has 0 unspecified atom stereocenters. The molecular weight excluding hydrogens is 244 g/mol. The molecule has 1 aromatic rings. The minimum atomic E-state index is -1.08. The van der Waals surface area contributed by atoms with Gasteiger partial charge in [0.1, 0.15) is 0 Å². The fourth-order valence-electron chi connectivity index (χ4n) is 2.73. The van der Waals surface area contributed by atoms with Crippen molar-refractivity contribution in [2.75, 3.05) is 0 Å². The van der Waals surface area contributed by atoms with Crippen molar-refractivity contribution in [2.24, 2.45) is 11.8 Å². The number of hydrogen-bond acceptors (Lipinski definition) is 2. The van der Waals surface area contributed by atoms with E-state index in [1.807, 2.05) is 27.7 Å². The molecule has 0 bridgehead atoms. The Morgan fingerprint density at radius 3 is 1.53 bits per heavy atom. The van der Waals surface area contributed by atoms with E-state index in [0.29, 0.717) is 5.56 Å². The van der Waals surface area contributed by atoms with Crippen LogP contribution in [0.15, 0.2) is 18.2 Å². The highest BCUT2D eigenvalue weighted by atomic mass is 16.4. The third-order valence-corrected chi connectivity index (χ3v) is 3.34. The van der Waals surface area contributed by atoms with E-state index in [0.717, 1.165) is 0 Å². The van der Waals surface area contributed by atoms with Crippen molar-refractivity contribution in [2.45, 2.75) is 33.6 Å². The molecule has 19 heavy (non-hydrogen) atoms. The van der Waals surface area contributed by atoms with Gasteiger partial charge in [0.05, 0.1) is 11.1 Å². The lowest BCUT2D eigenvalue weighted by Crippen LogP contribution is -2.21. The number of carbonyl (C=O) groups is 2. The quantitative estimate of drug-likeness (QED) is 0.853. The van der Waals surface area contributed by atoms with Gasteiger partial charge in [0.2, 0.25) is 0 Å². The number of carboxylic acids is 2. The van der Waals surface area contributed by atoms with Crippen LogP contribution < -0.4 is 0 Å². The standard InChI is InChI=1S/C15H20O4/c1-8(2)12(9(3)4)13-10(14(16)17)6-5-7-11(13)15(18)19/h5-9,12H,1-4H3,(H,16,17)(H,18,19). The first-order valence-corrected chi connectivity index (χ1v) is 6.36. The van der Waals surface area contributed by atoms with Crippen LogP contribution >= 0.6 is 0 Å². The number of hydrogen-bond donors (Lipinski definition) is 2. The van der Waals surface area contributed by atoms with E-state index in [4.69, 9.17) is 0 Å². The number of rotatable bonds is 5. The lowest BCUT2D eigenvalue weighted by molar-refractivity contribution is 0.0693. The van der Waals surface area contributed by atoms with E-state index in [1.165, 1.54) is 18.2 Å². The zero-order chi connectivity index (χ0) is 14.7. The summed E-state index contributed by atoms with van der Waals surface area (Å²) in [6.45, 7) is 7.92. The summed E-state index contributed by atoms with van der Waals surface area (Å²) in [4.78, 5) is 22.7. The predicted molar refractivity (Wildman–Crippen MR) is 72.8 cm³/mol. The average Bonchev–Trinajstić information content (AvgIpc) is 2.27. The van der Waals surface area contributed by atoms with E-state index < -0.39 is 11.9 Å². The van der Waals surface area contributed by atoms with Gasteiger partial charge in [-0.05, 0) is 35.4 Å². The number of carboxylic acid groups (broad SMARTS) is 2. The van der Waals surface area contributed by atoms with Crippen molar-refractivity contribution in [1.29, 1.82) is 0 Å². The Labute approximate surface area is 113 Å². The molecule has 0 amide bonds. The highest BCUT2D eigenvalue weighted by Crippen LogP contribution is 2.36. The molecule has 2 N–H and O–H groups in total. The molecule has 1 aromatic carbocycles. The van der Waals surface area contributed by atoms with Crippen LogP contribution in [0, 0.1) is 11.8 Å². The van der Waals surface area contributed by atoms with Gasteiger partial charge in [0.25, 0.3) is 0 Å². The van der Waals surface area contributed by atoms with Gasteiger partial charge >= 0.3 is 11.9 Å². The Balaban J connectivity index is 3.60. The van der Waals surface area contributed by atoms with Gasteiger partial charge < -0.3 is 10.2 Å². The van der Waals surface area contributed by atoms with E-state index >= 15 is 0 Å². The summed E-state index contributed by atoms with van der Waals surface area (Å²) in [5.41, 5.74) is 0.618. The molecule has 0 aliphatic carbocycles. The maximum atomic E-state index is 11.4. The number of aromatic carboxylic acids is 2. The monoisotopic (exact) mass is 264 g/mol. The Hall–Kier alpha value is -1.84. The summed E-state index contributed by atoms with van der Waals surface area (Å²) in [5, 5.41) is 18.6. The molecule has 0 aliphatic heterocycles. The van der Waals surface area contributed by atoms with Crippen LogP contribution in [-0.4, -0.2) is 22.2 Å².